The molecule has 4 nitrogen and oxygen atoms in total. The molecule has 0 spiro atoms. The lowest BCUT2D eigenvalue weighted by molar-refractivity contribution is 0.0951. The lowest BCUT2D eigenvalue weighted by Crippen LogP contribution is -2.24. The van der Waals surface area contributed by atoms with E-state index >= 15 is 0 Å². The topological polar surface area (TPSA) is 68.0 Å². The Morgan fingerprint density at radius 2 is 2.33 bits per heavy atom. The number of aryl methyl sites for hydroxylation is 1. The number of nitrogens with zero attached hydrogens (tertiary/aromatic N) is 1. The van der Waals surface area contributed by atoms with Crippen molar-refractivity contribution >= 4 is 22.9 Å². The average Bonchev–Trinajstić information content (AvgIpc) is 2.76. The Morgan fingerprint density at radius 3 is 3.00 bits per heavy atom. The van der Waals surface area contributed by atoms with Crippen LogP contribution in [0.5, 0.6) is 0 Å². The summed E-state index contributed by atoms with van der Waals surface area (Å²) in [6, 6.07) is 4.16. The molecule has 6 heteroatoms. The van der Waals surface area contributed by atoms with Crippen LogP contribution in [0.3, 0.4) is 0 Å². The van der Waals surface area contributed by atoms with E-state index in [1.807, 2.05) is 12.3 Å². The van der Waals surface area contributed by atoms with Crippen molar-refractivity contribution < 1.29 is 9.18 Å². The molecule has 3 N–H and O–H groups in total. The molecule has 0 fully saturated rings. The first-order valence-electron chi connectivity index (χ1n) is 5.31. The van der Waals surface area contributed by atoms with Crippen molar-refractivity contribution in [3.8, 4) is 0 Å². The highest BCUT2D eigenvalue weighted by Gasteiger charge is 2.12. The van der Waals surface area contributed by atoms with Gasteiger partial charge < -0.3 is 11.1 Å². The molecule has 0 aliphatic rings. The van der Waals surface area contributed by atoms with Crippen molar-refractivity contribution in [2.75, 3.05) is 5.73 Å². The fourth-order valence-corrected chi connectivity index (χ4v) is 2.18. The van der Waals surface area contributed by atoms with Crippen LogP contribution in [0.4, 0.5) is 10.1 Å². The van der Waals surface area contributed by atoms with Crippen molar-refractivity contribution in [2.24, 2.45) is 0 Å². The SMILES string of the molecule is Cc1csc(CNC(=O)c2cccc(F)c2N)n1. The van der Waals surface area contributed by atoms with Crippen LogP contribution in [0.2, 0.25) is 0 Å². The van der Waals surface area contributed by atoms with E-state index in [-0.39, 0.29) is 11.3 Å². The summed E-state index contributed by atoms with van der Waals surface area (Å²) in [6.45, 7) is 2.19. The molecule has 18 heavy (non-hydrogen) atoms. The molecule has 1 amide bonds. The molecule has 0 aliphatic carbocycles. The van der Waals surface area contributed by atoms with E-state index in [2.05, 4.69) is 10.3 Å². The van der Waals surface area contributed by atoms with Gasteiger partial charge in [0.15, 0.2) is 0 Å². The molecule has 0 atom stereocenters. The first-order chi connectivity index (χ1) is 8.58. The molecule has 1 heterocycles. The Kier molecular flexibility index (Phi) is 3.57. The van der Waals surface area contributed by atoms with Gasteiger partial charge in [-0.05, 0) is 19.1 Å². The van der Waals surface area contributed by atoms with Gasteiger partial charge in [-0.15, -0.1) is 11.3 Å². The number of carbonyl (C=O) groups excluding carboxylic acids is 1. The first-order valence-corrected chi connectivity index (χ1v) is 6.19. The van der Waals surface area contributed by atoms with Crippen LogP contribution >= 0.6 is 11.3 Å². The van der Waals surface area contributed by atoms with Gasteiger partial charge in [0, 0.05) is 11.1 Å². The number of nitrogens with two attached hydrogens (primary N) is 1. The van der Waals surface area contributed by atoms with E-state index in [0.717, 1.165) is 10.7 Å². The maximum absolute atomic E-state index is 13.2. The minimum absolute atomic E-state index is 0.134. The summed E-state index contributed by atoms with van der Waals surface area (Å²) in [6.07, 6.45) is 0. The van der Waals surface area contributed by atoms with E-state index in [0.29, 0.717) is 6.54 Å². The minimum Gasteiger partial charge on any atom is -0.396 e. The molecule has 1 aromatic carbocycles. The van der Waals surface area contributed by atoms with Gasteiger partial charge >= 0.3 is 0 Å². The van der Waals surface area contributed by atoms with E-state index in [1.54, 1.807) is 0 Å². The molecular weight excluding hydrogens is 253 g/mol. The Bertz CT molecular complexity index is 582. The van der Waals surface area contributed by atoms with Gasteiger partial charge in [0.05, 0.1) is 17.8 Å². The van der Waals surface area contributed by atoms with Crippen LogP contribution in [0.25, 0.3) is 0 Å². The number of nitrogen functional groups attached to an aromatic ring is 1. The predicted octanol–water partition coefficient (Wildman–Crippen LogP) is 2.10. The summed E-state index contributed by atoms with van der Waals surface area (Å²) < 4.78 is 13.2. The average molecular weight is 265 g/mol. The Hall–Kier alpha value is -1.95. The van der Waals surface area contributed by atoms with Gasteiger partial charge in [-0.25, -0.2) is 9.37 Å². The lowest BCUT2D eigenvalue weighted by atomic mass is 10.1. The summed E-state index contributed by atoms with van der Waals surface area (Å²) in [5.74, 6) is -0.993. The van der Waals surface area contributed by atoms with Gasteiger partial charge in [-0.1, -0.05) is 6.07 Å². The lowest BCUT2D eigenvalue weighted by Gasteiger charge is -2.06. The zero-order valence-electron chi connectivity index (χ0n) is 9.74. The largest absolute Gasteiger partial charge is 0.396 e. The van der Waals surface area contributed by atoms with E-state index in [4.69, 9.17) is 5.73 Å². The Balaban J connectivity index is 2.06. The van der Waals surface area contributed by atoms with E-state index in [1.165, 1.54) is 29.5 Å². The van der Waals surface area contributed by atoms with Gasteiger partial charge in [-0.2, -0.15) is 0 Å². The van der Waals surface area contributed by atoms with Crippen molar-refractivity contribution in [1.82, 2.24) is 10.3 Å². The van der Waals surface area contributed by atoms with Crippen LogP contribution in [-0.2, 0) is 6.54 Å². The summed E-state index contributed by atoms with van der Waals surface area (Å²) in [7, 11) is 0. The number of benzene rings is 1. The van der Waals surface area contributed by atoms with Crippen LogP contribution in [0, 0.1) is 12.7 Å². The zero-order valence-corrected chi connectivity index (χ0v) is 10.6. The zero-order chi connectivity index (χ0) is 13.1. The van der Waals surface area contributed by atoms with Crippen molar-refractivity contribution in [2.45, 2.75) is 13.5 Å². The predicted molar refractivity (Wildman–Crippen MR) is 68.8 cm³/mol. The van der Waals surface area contributed by atoms with Crippen LogP contribution in [0.15, 0.2) is 23.6 Å². The fourth-order valence-electron chi connectivity index (χ4n) is 1.47. The number of hydrogen-bond acceptors (Lipinski definition) is 4. The molecule has 0 radical (unpaired) electrons. The van der Waals surface area contributed by atoms with E-state index < -0.39 is 11.7 Å². The molecule has 0 saturated carbocycles. The number of anilines is 1. The summed E-state index contributed by atoms with van der Waals surface area (Å²) in [5, 5.41) is 5.36. The van der Waals surface area contributed by atoms with Gasteiger partial charge in [0.1, 0.15) is 10.8 Å². The van der Waals surface area contributed by atoms with E-state index in [9.17, 15) is 9.18 Å². The molecule has 0 bridgehead atoms. The Labute approximate surface area is 108 Å². The number of thiazole rings is 1. The first kappa shape index (κ1) is 12.5. The molecule has 94 valence electrons. The fraction of sp³-hybridized carbons (Fsp3) is 0.167. The summed E-state index contributed by atoms with van der Waals surface area (Å²) >= 11 is 1.46. The molecule has 2 aromatic rings. The quantitative estimate of drug-likeness (QED) is 0.835. The number of amides is 1. The number of rotatable bonds is 3. The van der Waals surface area contributed by atoms with Crippen molar-refractivity contribution in [1.29, 1.82) is 0 Å². The molecule has 1 aromatic heterocycles. The van der Waals surface area contributed by atoms with Gasteiger partial charge in [-0.3, -0.25) is 4.79 Å². The highest BCUT2D eigenvalue weighted by Crippen LogP contribution is 2.16. The number of aromatic nitrogens is 1. The van der Waals surface area contributed by atoms with Crippen LogP contribution in [-0.4, -0.2) is 10.9 Å². The maximum Gasteiger partial charge on any atom is 0.253 e. The molecule has 2 rings (SSSR count). The van der Waals surface area contributed by atoms with Gasteiger partial charge in [0.25, 0.3) is 5.91 Å². The smallest absolute Gasteiger partial charge is 0.253 e. The van der Waals surface area contributed by atoms with Crippen LogP contribution < -0.4 is 11.1 Å². The molecular formula is C12H12FN3OS. The van der Waals surface area contributed by atoms with Gasteiger partial charge in [0.2, 0.25) is 0 Å². The maximum atomic E-state index is 13.2. The summed E-state index contributed by atoms with van der Waals surface area (Å²) in [4.78, 5) is 16.0. The third kappa shape index (κ3) is 2.65. The second kappa shape index (κ2) is 5.14. The number of halogens is 1. The summed E-state index contributed by atoms with van der Waals surface area (Å²) in [5.41, 5.74) is 6.43. The minimum atomic E-state index is -0.590. The molecule has 0 aliphatic heterocycles. The molecule has 0 unspecified atom stereocenters. The standard InChI is InChI=1S/C12H12FN3OS/c1-7-6-18-10(16-7)5-15-12(17)8-3-2-4-9(13)11(8)14/h2-4,6H,5,14H2,1H3,(H,15,17). The molecule has 0 saturated heterocycles. The number of para-hydroxylation sites is 1. The normalized spacial score (nSPS) is 10.3. The second-order valence-corrected chi connectivity index (χ2v) is 4.71. The van der Waals surface area contributed by atoms with Crippen molar-refractivity contribution in [3.05, 3.63) is 45.7 Å². The third-order valence-electron chi connectivity index (χ3n) is 2.36. The number of carbonyl (C=O) groups is 1. The van der Waals surface area contributed by atoms with Crippen molar-refractivity contribution in [3.63, 3.8) is 0 Å². The number of nitrogens with one attached hydrogen (secondary N) is 1. The monoisotopic (exact) mass is 265 g/mol. The highest BCUT2D eigenvalue weighted by atomic mass is 32.1. The van der Waals surface area contributed by atoms with Crippen LogP contribution in [0.1, 0.15) is 21.1 Å². The number of hydrogen-bond donors (Lipinski definition) is 2. The second-order valence-electron chi connectivity index (χ2n) is 3.77. The Morgan fingerprint density at radius 1 is 1.56 bits per heavy atom. The highest BCUT2D eigenvalue weighted by molar-refractivity contribution is 7.09. The third-order valence-corrected chi connectivity index (χ3v) is 3.33.